The van der Waals surface area contributed by atoms with Crippen molar-refractivity contribution in [2.75, 3.05) is 31.6 Å². The highest BCUT2D eigenvalue weighted by Crippen LogP contribution is 2.31. The fourth-order valence-corrected chi connectivity index (χ4v) is 6.42. The molecule has 0 aliphatic carbocycles. The van der Waals surface area contributed by atoms with Gasteiger partial charge in [0.05, 0.1) is 17.2 Å². The summed E-state index contributed by atoms with van der Waals surface area (Å²) in [5, 5.41) is 2.90. The highest BCUT2D eigenvalue weighted by Gasteiger charge is 2.52. The molecular weight excluding hydrogens is 564 g/mol. The molecule has 0 unspecified atom stereocenters. The Morgan fingerprint density at radius 1 is 0.974 bits per heavy atom. The number of carbonyl (C=O) groups excluding carboxylic acids is 2. The van der Waals surface area contributed by atoms with E-state index in [0.717, 1.165) is 11.8 Å². The Morgan fingerprint density at radius 3 is 2.15 bits per heavy atom. The topological polar surface area (TPSA) is 133 Å². The van der Waals surface area contributed by atoms with Gasteiger partial charge in [-0.15, -0.1) is 12.4 Å². The zero-order valence-corrected chi connectivity index (χ0v) is 24.4. The number of nitrogens with one attached hydrogen (secondary N) is 2. The van der Waals surface area contributed by atoms with Gasteiger partial charge < -0.3 is 10.2 Å². The van der Waals surface area contributed by atoms with E-state index >= 15 is 0 Å². The molecule has 2 aromatic carbocycles. The van der Waals surface area contributed by atoms with Crippen molar-refractivity contribution in [3.05, 3.63) is 65.7 Å². The molecule has 13 heteroatoms. The lowest BCUT2D eigenvalue weighted by atomic mass is 9.87. The number of imide groups is 1. The van der Waals surface area contributed by atoms with Crippen LogP contribution in [0.4, 0.5) is 4.79 Å². The number of piperidine rings is 1. The number of rotatable bonds is 10. The quantitative estimate of drug-likeness (QED) is 0.401. The first-order valence-electron chi connectivity index (χ1n) is 12.6. The Bertz CT molecular complexity index is 1380. The number of carbonyl (C=O) groups is 2. The van der Waals surface area contributed by atoms with Crippen molar-refractivity contribution < 1.29 is 26.4 Å². The van der Waals surface area contributed by atoms with E-state index in [-0.39, 0.29) is 41.5 Å². The highest BCUT2D eigenvalue weighted by atomic mass is 35.5. The van der Waals surface area contributed by atoms with Gasteiger partial charge in [0.15, 0.2) is 9.84 Å². The van der Waals surface area contributed by atoms with E-state index < -0.39 is 31.4 Å². The minimum Gasteiger partial charge on any atom is -0.323 e. The van der Waals surface area contributed by atoms with Crippen LogP contribution in [0.5, 0.6) is 0 Å². The Hall–Kier alpha value is -2.51. The average molecular weight is 599 g/mol. The lowest BCUT2D eigenvalue weighted by Gasteiger charge is -2.37. The SMILES string of the molecule is CCS(=O)(=O)N[C@@H](CCN1CCC2(CC1)NC(=O)N(Cc1ccc(S(C)(=O)=O)cc1)C2=O)c1ccccc1.Cl. The summed E-state index contributed by atoms with van der Waals surface area (Å²) in [4.78, 5) is 29.6. The first-order chi connectivity index (χ1) is 17.9. The Kier molecular flexibility index (Phi) is 9.82. The van der Waals surface area contributed by atoms with E-state index in [1.165, 1.54) is 17.0 Å². The first-order valence-corrected chi connectivity index (χ1v) is 16.2. The summed E-state index contributed by atoms with van der Waals surface area (Å²) in [5.41, 5.74) is 0.608. The monoisotopic (exact) mass is 598 g/mol. The summed E-state index contributed by atoms with van der Waals surface area (Å²) in [5.74, 6) is -0.268. The Morgan fingerprint density at radius 2 is 1.59 bits per heavy atom. The lowest BCUT2D eigenvalue weighted by molar-refractivity contribution is -0.133. The maximum atomic E-state index is 13.3. The molecule has 0 radical (unpaired) electrons. The number of sulfonamides is 1. The standard InChI is InChI=1S/C26H34N4O6S2.ClH/c1-3-38(35,36)28-23(21-7-5-4-6-8-21)13-16-29-17-14-26(15-18-29)24(31)30(25(32)27-26)19-20-9-11-22(12-10-20)37(2,33)34;/h4-12,23,28H,3,13-19H2,1-2H3,(H,27,32);1H/t23-;/m0./s1. The minimum atomic E-state index is -3.39. The highest BCUT2D eigenvalue weighted by molar-refractivity contribution is 7.90. The number of urea groups is 1. The number of amides is 3. The van der Waals surface area contributed by atoms with E-state index in [1.807, 2.05) is 30.3 Å². The third-order valence-corrected chi connectivity index (χ3v) is 9.82. The molecule has 39 heavy (non-hydrogen) atoms. The molecule has 0 aromatic heterocycles. The second-order valence-electron chi connectivity index (χ2n) is 9.93. The Balaban J connectivity index is 0.00000420. The molecule has 1 atom stereocenters. The number of likely N-dealkylation sites (tertiary alicyclic amines) is 1. The second-order valence-corrected chi connectivity index (χ2v) is 14.0. The van der Waals surface area contributed by atoms with E-state index in [9.17, 15) is 26.4 Å². The van der Waals surface area contributed by atoms with Gasteiger partial charge in [-0.1, -0.05) is 42.5 Å². The van der Waals surface area contributed by atoms with Crippen LogP contribution >= 0.6 is 12.4 Å². The number of hydrogen-bond acceptors (Lipinski definition) is 7. The van der Waals surface area contributed by atoms with Gasteiger partial charge in [0.1, 0.15) is 5.54 Å². The van der Waals surface area contributed by atoms with E-state index in [1.54, 1.807) is 19.1 Å². The normalized spacial score (nSPS) is 18.6. The molecule has 2 fully saturated rings. The van der Waals surface area contributed by atoms with E-state index in [4.69, 9.17) is 0 Å². The minimum absolute atomic E-state index is 0. The molecule has 4 rings (SSSR count). The van der Waals surface area contributed by atoms with Crippen molar-refractivity contribution >= 4 is 44.2 Å². The van der Waals surface area contributed by atoms with Crippen LogP contribution in [0.15, 0.2) is 59.5 Å². The molecule has 214 valence electrons. The summed E-state index contributed by atoms with van der Waals surface area (Å²) < 4.78 is 50.7. The van der Waals surface area contributed by atoms with Crippen molar-refractivity contribution in [3.8, 4) is 0 Å². The number of nitrogens with zero attached hydrogens (tertiary/aromatic N) is 2. The summed E-state index contributed by atoms with van der Waals surface area (Å²) in [6.45, 7) is 3.49. The maximum Gasteiger partial charge on any atom is 0.325 e. The second kappa shape index (κ2) is 12.3. The summed E-state index contributed by atoms with van der Waals surface area (Å²) in [6, 6.07) is 14.8. The summed E-state index contributed by atoms with van der Waals surface area (Å²) in [6.07, 6.45) is 2.61. The van der Waals surface area contributed by atoms with Gasteiger partial charge in [-0.2, -0.15) is 0 Å². The number of benzene rings is 2. The lowest BCUT2D eigenvalue weighted by Crippen LogP contribution is -2.55. The van der Waals surface area contributed by atoms with Crippen LogP contribution in [0.2, 0.25) is 0 Å². The molecule has 1 spiro atoms. The summed E-state index contributed by atoms with van der Waals surface area (Å²) in [7, 11) is -6.72. The summed E-state index contributed by atoms with van der Waals surface area (Å²) >= 11 is 0. The number of hydrogen-bond donors (Lipinski definition) is 2. The first kappa shape index (κ1) is 31.0. The van der Waals surface area contributed by atoms with Crippen LogP contribution < -0.4 is 10.0 Å². The fourth-order valence-electron chi connectivity index (χ4n) is 4.93. The number of halogens is 1. The predicted molar refractivity (Wildman–Crippen MR) is 151 cm³/mol. The zero-order valence-electron chi connectivity index (χ0n) is 22.0. The van der Waals surface area contributed by atoms with Crippen molar-refractivity contribution in [2.24, 2.45) is 0 Å². The molecule has 3 amide bonds. The van der Waals surface area contributed by atoms with Crippen molar-refractivity contribution in [3.63, 3.8) is 0 Å². The third kappa shape index (κ3) is 7.37. The van der Waals surface area contributed by atoms with Crippen LogP contribution in [0.25, 0.3) is 0 Å². The van der Waals surface area contributed by atoms with Crippen LogP contribution in [0, 0.1) is 0 Å². The smallest absolute Gasteiger partial charge is 0.323 e. The van der Waals surface area contributed by atoms with Crippen molar-refractivity contribution in [1.29, 1.82) is 0 Å². The fraction of sp³-hybridized carbons (Fsp3) is 0.462. The Labute approximate surface area is 236 Å². The molecular formula is C26H35ClN4O6S2. The molecule has 0 saturated carbocycles. The molecule has 2 aromatic rings. The van der Waals surface area contributed by atoms with Gasteiger partial charge in [0.2, 0.25) is 10.0 Å². The molecule has 2 heterocycles. The van der Waals surface area contributed by atoms with Gasteiger partial charge >= 0.3 is 6.03 Å². The molecule has 0 bridgehead atoms. The molecule has 2 N–H and O–H groups in total. The molecule has 10 nitrogen and oxygen atoms in total. The number of sulfone groups is 1. The van der Waals surface area contributed by atoms with Crippen LogP contribution in [-0.4, -0.2) is 75.8 Å². The van der Waals surface area contributed by atoms with Gasteiger partial charge in [-0.05, 0) is 56.0 Å². The van der Waals surface area contributed by atoms with Crippen LogP contribution in [0.3, 0.4) is 0 Å². The van der Waals surface area contributed by atoms with Crippen molar-refractivity contribution in [1.82, 2.24) is 19.8 Å². The van der Waals surface area contributed by atoms with Gasteiger partial charge in [-0.3, -0.25) is 9.69 Å². The molecule has 2 aliphatic rings. The van der Waals surface area contributed by atoms with Gasteiger partial charge in [0, 0.05) is 25.4 Å². The van der Waals surface area contributed by atoms with Crippen LogP contribution in [0.1, 0.15) is 43.4 Å². The van der Waals surface area contributed by atoms with Gasteiger partial charge in [-0.25, -0.2) is 26.4 Å². The van der Waals surface area contributed by atoms with E-state index in [2.05, 4.69) is 14.9 Å². The third-order valence-electron chi connectivity index (χ3n) is 7.29. The van der Waals surface area contributed by atoms with Crippen molar-refractivity contribution in [2.45, 2.75) is 49.2 Å². The predicted octanol–water partition coefficient (Wildman–Crippen LogP) is 2.47. The maximum absolute atomic E-state index is 13.3. The largest absolute Gasteiger partial charge is 0.325 e. The molecule has 2 saturated heterocycles. The molecule has 2 aliphatic heterocycles. The van der Waals surface area contributed by atoms with Gasteiger partial charge in [0.25, 0.3) is 5.91 Å². The zero-order chi connectivity index (χ0) is 27.6. The average Bonchev–Trinajstić information content (AvgIpc) is 3.11. The van der Waals surface area contributed by atoms with E-state index in [0.29, 0.717) is 44.5 Å². The van der Waals surface area contributed by atoms with Crippen LogP contribution in [-0.2, 0) is 31.2 Å².